The second-order valence-electron chi connectivity index (χ2n) is 5.95. The molecule has 0 bridgehead atoms. The molecule has 0 spiro atoms. The van der Waals surface area contributed by atoms with Crippen LogP contribution in [0.4, 0.5) is 0 Å². The molecule has 0 saturated heterocycles. The van der Waals surface area contributed by atoms with Crippen LogP contribution in [-0.2, 0) is 20.9 Å². The third-order valence-electron chi connectivity index (χ3n) is 3.53. The summed E-state index contributed by atoms with van der Waals surface area (Å²) in [5.41, 5.74) is 0.835. The van der Waals surface area contributed by atoms with Gasteiger partial charge in [0.25, 0.3) is 0 Å². The number of unbranched alkanes of at least 4 members (excludes halogenated alkanes) is 2. The zero-order chi connectivity index (χ0) is 15.6. The lowest BCUT2D eigenvalue weighted by Crippen LogP contribution is -2.26. The van der Waals surface area contributed by atoms with Crippen molar-refractivity contribution in [3.8, 4) is 0 Å². The normalized spacial score (nSPS) is 11.4. The molecule has 1 aromatic rings. The van der Waals surface area contributed by atoms with Crippen LogP contribution in [0.1, 0.15) is 52.0 Å². The number of hydrogen-bond acceptors (Lipinski definition) is 3. The molecule has 21 heavy (non-hydrogen) atoms. The molecule has 0 amide bonds. The molecule has 3 heteroatoms. The zero-order valence-electron chi connectivity index (χ0n) is 13.6. The molecule has 0 aromatic heterocycles. The van der Waals surface area contributed by atoms with Gasteiger partial charge in [-0.3, -0.25) is 4.79 Å². The summed E-state index contributed by atoms with van der Waals surface area (Å²) in [7, 11) is 0. The second kappa shape index (κ2) is 9.56. The lowest BCUT2D eigenvalue weighted by molar-refractivity contribution is -0.153. The van der Waals surface area contributed by atoms with E-state index in [1.807, 2.05) is 39.0 Å². The number of esters is 1. The number of benzene rings is 1. The second-order valence-corrected chi connectivity index (χ2v) is 5.95. The van der Waals surface area contributed by atoms with Gasteiger partial charge in [0.2, 0.25) is 0 Å². The summed E-state index contributed by atoms with van der Waals surface area (Å²) in [6.07, 6.45) is 4.01. The van der Waals surface area contributed by atoms with Gasteiger partial charge in [0.15, 0.2) is 0 Å². The Balaban J connectivity index is 2.05. The van der Waals surface area contributed by atoms with E-state index in [0.717, 1.165) is 32.3 Å². The third kappa shape index (κ3) is 7.28. The van der Waals surface area contributed by atoms with E-state index >= 15 is 0 Å². The number of carbonyl (C=O) groups is 1. The monoisotopic (exact) mass is 292 g/mol. The Morgan fingerprint density at radius 3 is 2.48 bits per heavy atom. The van der Waals surface area contributed by atoms with Crippen LogP contribution < -0.4 is 0 Å². The molecular weight excluding hydrogens is 264 g/mol. The molecule has 0 aliphatic heterocycles. The SMILES string of the molecule is CCOC(=O)C(C)(C)CCCCCOCc1ccccc1. The molecule has 0 aliphatic rings. The first-order valence-electron chi connectivity index (χ1n) is 7.85. The molecular formula is C18H28O3. The van der Waals surface area contributed by atoms with E-state index in [2.05, 4.69) is 12.1 Å². The predicted octanol–water partition coefficient (Wildman–Crippen LogP) is 4.35. The molecule has 0 atom stereocenters. The first-order valence-corrected chi connectivity index (χ1v) is 7.85. The van der Waals surface area contributed by atoms with Crippen LogP contribution in [0.15, 0.2) is 30.3 Å². The fourth-order valence-corrected chi connectivity index (χ4v) is 2.14. The van der Waals surface area contributed by atoms with Crippen LogP contribution in [0.5, 0.6) is 0 Å². The number of carbonyl (C=O) groups excluding carboxylic acids is 1. The summed E-state index contributed by atoms with van der Waals surface area (Å²) in [5.74, 6) is -0.0923. The molecule has 1 aromatic carbocycles. The van der Waals surface area contributed by atoms with Gasteiger partial charge in [-0.25, -0.2) is 0 Å². The van der Waals surface area contributed by atoms with Gasteiger partial charge in [0.1, 0.15) is 0 Å². The van der Waals surface area contributed by atoms with E-state index in [-0.39, 0.29) is 11.4 Å². The van der Waals surface area contributed by atoms with Gasteiger partial charge in [0.05, 0.1) is 18.6 Å². The Morgan fingerprint density at radius 2 is 1.81 bits per heavy atom. The molecule has 118 valence electrons. The Labute approximate surface area is 128 Å². The highest BCUT2D eigenvalue weighted by Gasteiger charge is 2.28. The number of hydrogen-bond donors (Lipinski definition) is 0. The minimum absolute atomic E-state index is 0.0923. The largest absolute Gasteiger partial charge is 0.466 e. The number of ether oxygens (including phenoxy) is 2. The van der Waals surface area contributed by atoms with Crippen LogP contribution in [0, 0.1) is 5.41 Å². The zero-order valence-corrected chi connectivity index (χ0v) is 13.6. The Morgan fingerprint density at radius 1 is 1.10 bits per heavy atom. The summed E-state index contributed by atoms with van der Waals surface area (Å²) < 4.78 is 10.7. The van der Waals surface area contributed by atoms with E-state index in [0.29, 0.717) is 13.2 Å². The first-order chi connectivity index (χ1) is 10.1. The van der Waals surface area contributed by atoms with Gasteiger partial charge >= 0.3 is 5.97 Å². The summed E-state index contributed by atoms with van der Waals surface area (Å²) in [6.45, 7) is 7.66. The van der Waals surface area contributed by atoms with Crippen molar-refractivity contribution >= 4 is 5.97 Å². The van der Waals surface area contributed by atoms with Crippen LogP contribution in [0.25, 0.3) is 0 Å². The van der Waals surface area contributed by atoms with Crippen molar-refractivity contribution in [3.63, 3.8) is 0 Å². The van der Waals surface area contributed by atoms with Crippen molar-refractivity contribution in [2.75, 3.05) is 13.2 Å². The fraction of sp³-hybridized carbons (Fsp3) is 0.611. The van der Waals surface area contributed by atoms with Crippen LogP contribution in [-0.4, -0.2) is 19.2 Å². The van der Waals surface area contributed by atoms with E-state index in [1.165, 1.54) is 5.56 Å². The van der Waals surface area contributed by atoms with Crippen molar-refractivity contribution < 1.29 is 14.3 Å². The van der Waals surface area contributed by atoms with Gasteiger partial charge in [-0.15, -0.1) is 0 Å². The average Bonchev–Trinajstić information content (AvgIpc) is 2.47. The molecule has 0 unspecified atom stereocenters. The Hall–Kier alpha value is -1.35. The summed E-state index contributed by atoms with van der Waals surface area (Å²) in [4.78, 5) is 11.7. The summed E-state index contributed by atoms with van der Waals surface area (Å²) in [5, 5.41) is 0. The van der Waals surface area contributed by atoms with Crippen LogP contribution >= 0.6 is 0 Å². The van der Waals surface area contributed by atoms with Crippen LogP contribution in [0.2, 0.25) is 0 Å². The lowest BCUT2D eigenvalue weighted by atomic mass is 9.87. The van der Waals surface area contributed by atoms with Gasteiger partial charge in [-0.05, 0) is 39.2 Å². The molecule has 3 nitrogen and oxygen atoms in total. The highest BCUT2D eigenvalue weighted by molar-refractivity contribution is 5.75. The van der Waals surface area contributed by atoms with E-state index < -0.39 is 0 Å². The maximum absolute atomic E-state index is 11.7. The van der Waals surface area contributed by atoms with Crippen molar-refractivity contribution in [1.29, 1.82) is 0 Å². The molecule has 0 aliphatic carbocycles. The highest BCUT2D eigenvalue weighted by Crippen LogP contribution is 2.25. The van der Waals surface area contributed by atoms with Crippen molar-refractivity contribution in [3.05, 3.63) is 35.9 Å². The molecule has 0 radical (unpaired) electrons. The van der Waals surface area contributed by atoms with Crippen molar-refractivity contribution in [2.45, 2.75) is 53.1 Å². The molecule has 0 N–H and O–H groups in total. The van der Waals surface area contributed by atoms with Gasteiger partial charge < -0.3 is 9.47 Å². The van der Waals surface area contributed by atoms with Crippen molar-refractivity contribution in [2.24, 2.45) is 5.41 Å². The smallest absolute Gasteiger partial charge is 0.311 e. The molecule has 0 heterocycles. The first kappa shape index (κ1) is 17.7. The quantitative estimate of drug-likeness (QED) is 0.475. The van der Waals surface area contributed by atoms with E-state index in [9.17, 15) is 4.79 Å². The lowest BCUT2D eigenvalue weighted by Gasteiger charge is -2.21. The van der Waals surface area contributed by atoms with Crippen molar-refractivity contribution in [1.82, 2.24) is 0 Å². The summed E-state index contributed by atoms with van der Waals surface area (Å²) >= 11 is 0. The minimum atomic E-state index is -0.374. The van der Waals surface area contributed by atoms with Gasteiger partial charge in [-0.1, -0.05) is 43.2 Å². The minimum Gasteiger partial charge on any atom is -0.466 e. The maximum atomic E-state index is 11.7. The van der Waals surface area contributed by atoms with Crippen LogP contribution in [0.3, 0.4) is 0 Å². The third-order valence-corrected chi connectivity index (χ3v) is 3.53. The molecule has 0 saturated carbocycles. The maximum Gasteiger partial charge on any atom is 0.311 e. The standard InChI is InChI=1S/C18H28O3/c1-4-21-17(19)18(2,3)13-9-6-10-14-20-15-16-11-7-5-8-12-16/h5,7-8,11-12H,4,6,9-10,13-15H2,1-3H3. The highest BCUT2D eigenvalue weighted by atomic mass is 16.5. The topological polar surface area (TPSA) is 35.5 Å². The average molecular weight is 292 g/mol. The Bertz CT molecular complexity index is 398. The Kier molecular flexibility index (Phi) is 8.06. The predicted molar refractivity (Wildman–Crippen MR) is 85.0 cm³/mol. The number of rotatable bonds is 10. The van der Waals surface area contributed by atoms with E-state index in [1.54, 1.807) is 0 Å². The van der Waals surface area contributed by atoms with E-state index in [4.69, 9.17) is 9.47 Å². The van der Waals surface area contributed by atoms with Gasteiger partial charge in [0, 0.05) is 6.61 Å². The molecule has 0 fully saturated rings. The fourth-order valence-electron chi connectivity index (χ4n) is 2.14. The van der Waals surface area contributed by atoms with Gasteiger partial charge in [-0.2, -0.15) is 0 Å². The molecule has 1 rings (SSSR count). The summed E-state index contributed by atoms with van der Waals surface area (Å²) in [6, 6.07) is 10.2.